The molecule has 0 N–H and O–H groups in total. The van der Waals surface area contributed by atoms with Gasteiger partial charge < -0.3 is 4.57 Å². The Morgan fingerprint density at radius 1 is 1.00 bits per heavy atom. The van der Waals surface area contributed by atoms with Gasteiger partial charge in [0.15, 0.2) is 0 Å². The van der Waals surface area contributed by atoms with Crippen LogP contribution >= 0.6 is 15.9 Å². The summed E-state index contributed by atoms with van der Waals surface area (Å²) >= 11 is 3.32. The largest absolute Gasteiger partial charge is 0.350 e. The van der Waals surface area contributed by atoms with Gasteiger partial charge in [0.05, 0.1) is 5.57 Å². The molecule has 0 spiro atoms. The molecule has 2 aromatic carbocycles. The summed E-state index contributed by atoms with van der Waals surface area (Å²) in [6.45, 7) is 0. The van der Waals surface area contributed by atoms with Gasteiger partial charge in [-0.2, -0.15) is 8.78 Å². The number of hydrogen-bond acceptors (Lipinski definition) is 0. The van der Waals surface area contributed by atoms with Gasteiger partial charge >= 0.3 is 0 Å². The summed E-state index contributed by atoms with van der Waals surface area (Å²) in [5, 5.41) is 0.825. The van der Waals surface area contributed by atoms with Gasteiger partial charge in [-0.25, -0.2) is 0 Å². The van der Waals surface area contributed by atoms with Crippen molar-refractivity contribution in [3.8, 4) is 0 Å². The van der Waals surface area contributed by atoms with Gasteiger partial charge in [0, 0.05) is 34.2 Å². The van der Waals surface area contributed by atoms with E-state index in [-0.39, 0.29) is 5.57 Å². The first kappa shape index (κ1) is 14.0. The molecule has 0 bridgehead atoms. The number of fused-ring (bicyclic) bond motifs is 1. The fraction of sp³-hybridized carbons (Fsp3) is 0.0588. The number of para-hydroxylation sites is 1. The number of hydrogen-bond donors (Lipinski definition) is 0. The summed E-state index contributed by atoms with van der Waals surface area (Å²) < 4.78 is 29.9. The third kappa shape index (κ3) is 2.51. The van der Waals surface area contributed by atoms with Crippen LogP contribution in [0.25, 0.3) is 16.5 Å². The lowest BCUT2D eigenvalue weighted by molar-refractivity contribution is 0.426. The van der Waals surface area contributed by atoms with Gasteiger partial charge in [0.1, 0.15) is 0 Å². The minimum atomic E-state index is -1.67. The molecule has 0 unspecified atom stereocenters. The molecule has 1 heterocycles. The van der Waals surface area contributed by atoms with E-state index < -0.39 is 6.08 Å². The first-order valence-corrected chi connectivity index (χ1v) is 7.23. The number of rotatable bonds is 2. The lowest BCUT2D eigenvalue weighted by Crippen LogP contribution is -1.89. The van der Waals surface area contributed by atoms with E-state index in [0.717, 1.165) is 15.4 Å². The standard InChI is InChI=1S/C17H12BrF2N/c1-21-10-14(13-4-2-3-5-15(13)21)16(17(19)20)11-6-8-12(18)9-7-11/h2-10H,1H3. The van der Waals surface area contributed by atoms with Crippen LogP contribution in [0.4, 0.5) is 8.78 Å². The quantitative estimate of drug-likeness (QED) is 0.568. The molecule has 4 heteroatoms. The van der Waals surface area contributed by atoms with Gasteiger partial charge in [-0.1, -0.05) is 46.3 Å². The zero-order valence-corrected chi connectivity index (χ0v) is 12.9. The number of aromatic nitrogens is 1. The second-order valence-electron chi connectivity index (χ2n) is 4.81. The Morgan fingerprint density at radius 2 is 1.67 bits per heavy atom. The van der Waals surface area contributed by atoms with Crippen molar-refractivity contribution in [1.82, 2.24) is 4.57 Å². The van der Waals surface area contributed by atoms with E-state index in [2.05, 4.69) is 15.9 Å². The van der Waals surface area contributed by atoms with Crippen molar-refractivity contribution in [2.24, 2.45) is 7.05 Å². The topological polar surface area (TPSA) is 4.93 Å². The number of benzene rings is 2. The first-order valence-electron chi connectivity index (χ1n) is 6.43. The molecule has 0 saturated heterocycles. The minimum absolute atomic E-state index is 0.0145. The fourth-order valence-corrected chi connectivity index (χ4v) is 2.79. The zero-order valence-electron chi connectivity index (χ0n) is 11.3. The van der Waals surface area contributed by atoms with E-state index in [0.29, 0.717) is 11.1 Å². The lowest BCUT2D eigenvalue weighted by Gasteiger charge is -2.06. The van der Waals surface area contributed by atoms with E-state index in [1.165, 1.54) is 0 Å². The molecule has 0 atom stereocenters. The van der Waals surface area contributed by atoms with E-state index in [9.17, 15) is 8.78 Å². The van der Waals surface area contributed by atoms with Crippen molar-refractivity contribution >= 4 is 32.4 Å². The molecule has 3 aromatic rings. The van der Waals surface area contributed by atoms with Crippen molar-refractivity contribution in [3.05, 3.63) is 76.4 Å². The lowest BCUT2D eigenvalue weighted by atomic mass is 9.98. The summed E-state index contributed by atoms with van der Waals surface area (Å²) in [4.78, 5) is 0. The van der Waals surface area contributed by atoms with Crippen LogP contribution in [-0.4, -0.2) is 4.57 Å². The van der Waals surface area contributed by atoms with Crippen molar-refractivity contribution in [2.45, 2.75) is 0 Å². The molecular formula is C17H12BrF2N. The highest BCUT2D eigenvalue weighted by Crippen LogP contribution is 2.34. The third-order valence-corrected chi connectivity index (χ3v) is 4.02. The minimum Gasteiger partial charge on any atom is -0.350 e. The Bertz CT molecular complexity index is 828. The van der Waals surface area contributed by atoms with Gasteiger partial charge in [0.25, 0.3) is 6.08 Å². The van der Waals surface area contributed by atoms with Crippen molar-refractivity contribution in [3.63, 3.8) is 0 Å². The first-order chi connectivity index (χ1) is 10.1. The van der Waals surface area contributed by atoms with Crippen LogP contribution in [0, 0.1) is 0 Å². The highest BCUT2D eigenvalue weighted by atomic mass is 79.9. The summed E-state index contributed by atoms with van der Waals surface area (Å²) in [6, 6.07) is 14.5. The summed E-state index contributed by atoms with van der Waals surface area (Å²) in [5.74, 6) is 0. The second-order valence-corrected chi connectivity index (χ2v) is 5.73. The molecule has 1 nitrogen and oxygen atoms in total. The van der Waals surface area contributed by atoms with Crippen LogP contribution in [0.3, 0.4) is 0 Å². The molecule has 3 rings (SSSR count). The van der Waals surface area contributed by atoms with E-state index in [1.807, 2.05) is 35.9 Å². The molecule has 0 aliphatic carbocycles. The molecule has 21 heavy (non-hydrogen) atoms. The molecule has 0 radical (unpaired) electrons. The van der Waals surface area contributed by atoms with E-state index >= 15 is 0 Å². The SMILES string of the molecule is Cn1cc(C(=C(F)F)c2ccc(Br)cc2)c2ccccc21. The summed E-state index contributed by atoms with van der Waals surface area (Å²) in [7, 11) is 1.86. The molecular weight excluding hydrogens is 336 g/mol. The average Bonchev–Trinajstić information content (AvgIpc) is 2.79. The number of nitrogens with zero attached hydrogens (tertiary/aromatic N) is 1. The van der Waals surface area contributed by atoms with Crippen molar-refractivity contribution in [2.75, 3.05) is 0 Å². The average molecular weight is 348 g/mol. The fourth-order valence-electron chi connectivity index (χ4n) is 2.52. The van der Waals surface area contributed by atoms with Crippen LogP contribution in [0.2, 0.25) is 0 Å². The van der Waals surface area contributed by atoms with Gasteiger partial charge in [-0.15, -0.1) is 0 Å². The Kier molecular flexibility index (Phi) is 3.64. The predicted octanol–water partition coefficient (Wildman–Crippen LogP) is 5.60. The maximum absolute atomic E-state index is 13.6. The predicted molar refractivity (Wildman–Crippen MR) is 85.3 cm³/mol. The Hall–Kier alpha value is -1.94. The van der Waals surface area contributed by atoms with Crippen LogP contribution in [0.15, 0.2) is 65.3 Å². The number of aryl methyl sites for hydroxylation is 1. The molecule has 0 saturated carbocycles. The van der Waals surface area contributed by atoms with Crippen LogP contribution < -0.4 is 0 Å². The molecule has 0 fully saturated rings. The summed E-state index contributed by atoms with van der Waals surface area (Å²) in [5.41, 5.74) is 1.98. The van der Waals surface area contributed by atoms with Gasteiger partial charge in [-0.3, -0.25) is 0 Å². The molecule has 0 aliphatic rings. The van der Waals surface area contributed by atoms with Crippen LogP contribution in [0.1, 0.15) is 11.1 Å². The second kappa shape index (κ2) is 5.45. The highest BCUT2D eigenvalue weighted by molar-refractivity contribution is 9.10. The molecule has 1 aromatic heterocycles. The van der Waals surface area contributed by atoms with Gasteiger partial charge in [-0.05, 0) is 23.8 Å². The summed E-state index contributed by atoms with van der Waals surface area (Å²) in [6.07, 6.45) is 0.0787. The Balaban J connectivity index is 2.27. The zero-order chi connectivity index (χ0) is 15.0. The Labute approximate surface area is 129 Å². The van der Waals surface area contributed by atoms with Crippen molar-refractivity contribution in [1.29, 1.82) is 0 Å². The van der Waals surface area contributed by atoms with Crippen molar-refractivity contribution < 1.29 is 8.78 Å². The van der Waals surface area contributed by atoms with Gasteiger partial charge in [0.2, 0.25) is 0 Å². The Morgan fingerprint density at radius 3 is 2.33 bits per heavy atom. The monoisotopic (exact) mass is 347 g/mol. The van der Waals surface area contributed by atoms with Crippen LogP contribution in [0.5, 0.6) is 0 Å². The normalized spacial score (nSPS) is 10.9. The number of halogens is 3. The van der Waals surface area contributed by atoms with E-state index in [1.54, 1.807) is 30.5 Å². The third-order valence-electron chi connectivity index (χ3n) is 3.49. The van der Waals surface area contributed by atoms with E-state index in [4.69, 9.17) is 0 Å². The van der Waals surface area contributed by atoms with Crippen LogP contribution in [-0.2, 0) is 7.05 Å². The maximum atomic E-state index is 13.6. The smallest absolute Gasteiger partial charge is 0.278 e. The maximum Gasteiger partial charge on any atom is 0.278 e. The molecule has 0 amide bonds. The molecule has 0 aliphatic heterocycles. The highest BCUT2D eigenvalue weighted by Gasteiger charge is 2.17. The molecule has 106 valence electrons.